The molecule has 25 heavy (non-hydrogen) atoms. The summed E-state index contributed by atoms with van der Waals surface area (Å²) < 4.78 is 10.8. The monoisotopic (exact) mass is 348 g/mol. The van der Waals surface area contributed by atoms with Gasteiger partial charge in [0, 0.05) is 13.1 Å². The van der Waals surface area contributed by atoms with Gasteiger partial charge in [0.05, 0.1) is 6.10 Å². The second-order valence-corrected chi connectivity index (χ2v) is 7.31. The van der Waals surface area contributed by atoms with Crippen molar-refractivity contribution in [3.63, 3.8) is 0 Å². The molecule has 0 aromatic heterocycles. The summed E-state index contributed by atoms with van der Waals surface area (Å²) in [6.45, 7) is 6.58. The van der Waals surface area contributed by atoms with E-state index >= 15 is 0 Å². The summed E-state index contributed by atoms with van der Waals surface area (Å²) in [6.07, 6.45) is 1.34. The number of ether oxygens (including phenoxy) is 2. The van der Waals surface area contributed by atoms with Gasteiger partial charge in [0.25, 0.3) is 0 Å². The van der Waals surface area contributed by atoms with Gasteiger partial charge in [0.1, 0.15) is 18.2 Å². The Hall–Kier alpha value is -1.92. The maximum atomic E-state index is 12.5. The zero-order valence-corrected chi connectivity index (χ0v) is 15.2. The average molecular weight is 348 g/mol. The first-order valence-corrected chi connectivity index (χ1v) is 8.69. The van der Waals surface area contributed by atoms with Crippen molar-refractivity contribution < 1.29 is 19.1 Å². The summed E-state index contributed by atoms with van der Waals surface area (Å²) in [7, 11) is 0. The molecule has 0 unspecified atom stereocenters. The van der Waals surface area contributed by atoms with Crippen LogP contribution in [-0.4, -0.2) is 48.2 Å². The van der Waals surface area contributed by atoms with Crippen molar-refractivity contribution in [2.75, 3.05) is 19.7 Å². The Bertz CT molecular complexity index is 575. The van der Waals surface area contributed by atoms with Gasteiger partial charge in [-0.2, -0.15) is 0 Å². The minimum absolute atomic E-state index is 0.0375. The standard InChI is InChI=1S/C19H28N2O4/c1-19(2,3)25-16(22)13-24-15-9-11-21(12-10-15)18(23)17(20)14-7-5-4-6-8-14/h4-8,15,17H,9-13,20H2,1-3H3/t17-/m0/s1. The number of nitrogens with two attached hydrogens (primary N) is 1. The van der Waals surface area contributed by atoms with E-state index in [0.717, 1.165) is 5.56 Å². The van der Waals surface area contributed by atoms with Crippen molar-refractivity contribution in [3.05, 3.63) is 35.9 Å². The molecular weight excluding hydrogens is 320 g/mol. The summed E-state index contributed by atoms with van der Waals surface area (Å²) in [4.78, 5) is 26.0. The van der Waals surface area contributed by atoms with Gasteiger partial charge in [-0.15, -0.1) is 0 Å². The highest BCUT2D eigenvalue weighted by Crippen LogP contribution is 2.19. The molecule has 1 atom stereocenters. The fourth-order valence-electron chi connectivity index (χ4n) is 2.80. The van der Waals surface area contributed by atoms with Crippen LogP contribution in [0.3, 0.4) is 0 Å². The van der Waals surface area contributed by atoms with Crippen LogP contribution in [0.25, 0.3) is 0 Å². The van der Waals surface area contributed by atoms with Gasteiger partial charge in [0.15, 0.2) is 0 Å². The molecule has 2 rings (SSSR count). The Labute approximate surface area is 149 Å². The number of esters is 1. The Morgan fingerprint density at radius 3 is 2.36 bits per heavy atom. The Balaban J connectivity index is 1.76. The molecule has 6 heteroatoms. The van der Waals surface area contributed by atoms with E-state index in [-0.39, 0.29) is 24.6 Å². The average Bonchev–Trinajstić information content (AvgIpc) is 2.58. The molecule has 1 amide bonds. The summed E-state index contributed by atoms with van der Waals surface area (Å²) in [6, 6.07) is 8.73. The van der Waals surface area contributed by atoms with Crippen LogP contribution in [-0.2, 0) is 19.1 Å². The van der Waals surface area contributed by atoms with Gasteiger partial charge in [-0.1, -0.05) is 30.3 Å². The summed E-state index contributed by atoms with van der Waals surface area (Å²) in [5.41, 5.74) is 6.38. The van der Waals surface area contributed by atoms with Gasteiger partial charge in [-0.25, -0.2) is 4.79 Å². The summed E-state index contributed by atoms with van der Waals surface area (Å²) in [5, 5.41) is 0. The van der Waals surface area contributed by atoms with E-state index in [1.807, 2.05) is 51.1 Å². The van der Waals surface area contributed by atoms with Gasteiger partial charge in [-0.3, -0.25) is 4.79 Å². The summed E-state index contributed by atoms with van der Waals surface area (Å²) >= 11 is 0. The fourth-order valence-corrected chi connectivity index (χ4v) is 2.80. The third-order valence-electron chi connectivity index (χ3n) is 4.04. The Morgan fingerprint density at radius 1 is 1.20 bits per heavy atom. The van der Waals surface area contributed by atoms with Crippen LogP contribution in [0.15, 0.2) is 30.3 Å². The molecule has 1 aliphatic heterocycles. The molecule has 6 nitrogen and oxygen atoms in total. The number of nitrogens with zero attached hydrogens (tertiary/aromatic N) is 1. The molecule has 0 radical (unpaired) electrons. The van der Waals surface area contributed by atoms with Gasteiger partial charge >= 0.3 is 5.97 Å². The first-order valence-electron chi connectivity index (χ1n) is 8.69. The zero-order valence-electron chi connectivity index (χ0n) is 15.2. The van der Waals surface area contributed by atoms with Crippen molar-refractivity contribution in [1.29, 1.82) is 0 Å². The van der Waals surface area contributed by atoms with Crippen LogP contribution >= 0.6 is 0 Å². The van der Waals surface area contributed by atoms with E-state index < -0.39 is 11.6 Å². The highest BCUT2D eigenvalue weighted by molar-refractivity contribution is 5.83. The molecule has 1 saturated heterocycles. The van der Waals surface area contributed by atoms with Crippen molar-refractivity contribution in [2.45, 2.75) is 51.4 Å². The molecular formula is C19H28N2O4. The number of benzene rings is 1. The van der Waals surface area contributed by atoms with Crippen molar-refractivity contribution in [2.24, 2.45) is 5.73 Å². The largest absolute Gasteiger partial charge is 0.458 e. The zero-order chi connectivity index (χ0) is 18.4. The SMILES string of the molecule is CC(C)(C)OC(=O)COC1CCN(C(=O)[C@@H](N)c2ccccc2)CC1. The minimum Gasteiger partial charge on any atom is -0.458 e. The molecule has 0 bridgehead atoms. The van der Waals surface area contributed by atoms with Gasteiger partial charge in [0.2, 0.25) is 5.91 Å². The Kier molecular flexibility index (Phi) is 6.56. The maximum Gasteiger partial charge on any atom is 0.332 e. The number of hydrogen-bond acceptors (Lipinski definition) is 5. The number of rotatable bonds is 5. The predicted octanol–water partition coefficient (Wildman–Crippen LogP) is 2.04. The number of amides is 1. The predicted molar refractivity (Wildman–Crippen MR) is 94.8 cm³/mol. The van der Waals surface area contributed by atoms with Crippen LogP contribution in [0.4, 0.5) is 0 Å². The molecule has 1 aromatic carbocycles. The topological polar surface area (TPSA) is 81.9 Å². The van der Waals surface area contributed by atoms with E-state index in [1.54, 1.807) is 4.90 Å². The smallest absolute Gasteiger partial charge is 0.332 e. The lowest BCUT2D eigenvalue weighted by Gasteiger charge is -2.33. The molecule has 1 heterocycles. The quantitative estimate of drug-likeness (QED) is 0.824. The number of hydrogen-bond donors (Lipinski definition) is 1. The van der Waals surface area contributed by atoms with Crippen LogP contribution in [0.5, 0.6) is 0 Å². The molecule has 0 aliphatic carbocycles. The molecule has 0 spiro atoms. The highest BCUT2D eigenvalue weighted by atomic mass is 16.6. The van der Waals surface area contributed by atoms with E-state index in [0.29, 0.717) is 25.9 Å². The first kappa shape index (κ1) is 19.4. The molecule has 138 valence electrons. The van der Waals surface area contributed by atoms with E-state index in [9.17, 15) is 9.59 Å². The molecule has 1 aromatic rings. The lowest BCUT2D eigenvalue weighted by Crippen LogP contribution is -2.45. The number of piperidine rings is 1. The maximum absolute atomic E-state index is 12.5. The van der Waals surface area contributed by atoms with Gasteiger partial charge < -0.3 is 20.1 Å². The highest BCUT2D eigenvalue weighted by Gasteiger charge is 2.28. The van der Waals surface area contributed by atoms with E-state index in [1.165, 1.54) is 0 Å². The van der Waals surface area contributed by atoms with Crippen LogP contribution < -0.4 is 5.73 Å². The lowest BCUT2D eigenvalue weighted by atomic mass is 10.0. The van der Waals surface area contributed by atoms with Gasteiger partial charge in [-0.05, 0) is 39.2 Å². The van der Waals surface area contributed by atoms with Crippen molar-refractivity contribution in [3.8, 4) is 0 Å². The lowest BCUT2D eigenvalue weighted by molar-refractivity contribution is -0.163. The van der Waals surface area contributed by atoms with Crippen molar-refractivity contribution >= 4 is 11.9 Å². The second-order valence-electron chi connectivity index (χ2n) is 7.31. The van der Waals surface area contributed by atoms with E-state index in [4.69, 9.17) is 15.2 Å². The Morgan fingerprint density at radius 2 is 1.80 bits per heavy atom. The third-order valence-corrected chi connectivity index (χ3v) is 4.04. The van der Waals surface area contributed by atoms with Crippen molar-refractivity contribution in [1.82, 2.24) is 4.90 Å². The fraction of sp³-hybridized carbons (Fsp3) is 0.579. The summed E-state index contributed by atoms with van der Waals surface area (Å²) in [5.74, 6) is -0.436. The number of carbonyl (C=O) groups excluding carboxylic acids is 2. The second kappa shape index (κ2) is 8.45. The van der Waals surface area contributed by atoms with Crippen LogP contribution in [0, 0.1) is 0 Å². The first-order chi connectivity index (χ1) is 11.8. The van der Waals surface area contributed by atoms with Crippen LogP contribution in [0.2, 0.25) is 0 Å². The molecule has 0 saturated carbocycles. The number of likely N-dealkylation sites (tertiary alicyclic amines) is 1. The molecule has 1 aliphatic rings. The minimum atomic E-state index is -0.638. The molecule has 1 fully saturated rings. The molecule has 2 N–H and O–H groups in total. The number of carbonyl (C=O) groups is 2. The normalized spacial score (nSPS) is 17.2. The third kappa shape index (κ3) is 6.14. The van der Waals surface area contributed by atoms with Crippen LogP contribution in [0.1, 0.15) is 45.2 Å². The van der Waals surface area contributed by atoms with E-state index in [2.05, 4.69) is 0 Å².